The molecule has 1 aliphatic heterocycles. The van der Waals surface area contributed by atoms with Crippen molar-refractivity contribution in [3.05, 3.63) is 40.5 Å². The molecule has 0 atom stereocenters. The second kappa shape index (κ2) is 5.90. The third-order valence-corrected chi connectivity index (χ3v) is 4.66. The van der Waals surface area contributed by atoms with Gasteiger partial charge in [0.2, 0.25) is 0 Å². The lowest BCUT2D eigenvalue weighted by molar-refractivity contribution is 0.198. The summed E-state index contributed by atoms with van der Waals surface area (Å²) in [4.78, 5) is 6.95. The molecule has 0 aliphatic carbocycles. The summed E-state index contributed by atoms with van der Waals surface area (Å²) < 4.78 is 1.09. The minimum absolute atomic E-state index is 0.242. The normalized spacial score (nSPS) is 17.2. The fourth-order valence-electron chi connectivity index (χ4n) is 2.79. The number of halogens is 1. The van der Waals surface area contributed by atoms with Gasteiger partial charge in [-0.25, -0.2) is 0 Å². The van der Waals surface area contributed by atoms with Gasteiger partial charge in [0.05, 0.1) is 11.6 Å². The second-order valence-electron chi connectivity index (χ2n) is 5.29. The third kappa shape index (κ3) is 2.70. The van der Waals surface area contributed by atoms with Crippen LogP contribution in [0.3, 0.4) is 0 Å². The number of piperidine rings is 1. The maximum Gasteiger partial charge on any atom is 0.0758 e. The molecule has 0 spiro atoms. The van der Waals surface area contributed by atoms with Gasteiger partial charge in [-0.15, -0.1) is 0 Å². The van der Waals surface area contributed by atoms with Crippen LogP contribution >= 0.6 is 15.9 Å². The molecule has 102 valence electrons. The van der Waals surface area contributed by atoms with Crippen LogP contribution in [0, 0.1) is 17.2 Å². The summed E-state index contributed by atoms with van der Waals surface area (Å²) in [5.41, 5.74) is 2.34. The van der Waals surface area contributed by atoms with E-state index in [4.69, 9.17) is 5.26 Å². The van der Waals surface area contributed by atoms with Gasteiger partial charge in [0.15, 0.2) is 0 Å². The van der Waals surface area contributed by atoms with E-state index in [9.17, 15) is 0 Å². The Labute approximate surface area is 127 Å². The molecule has 1 aromatic carbocycles. The first-order valence-corrected chi connectivity index (χ1v) is 7.71. The first-order valence-electron chi connectivity index (χ1n) is 6.92. The number of pyridine rings is 1. The Morgan fingerprint density at radius 1 is 1.30 bits per heavy atom. The average Bonchev–Trinajstić information content (AvgIpc) is 2.51. The van der Waals surface area contributed by atoms with E-state index in [1.54, 1.807) is 0 Å². The molecule has 3 rings (SSSR count). The number of hydrogen-bond acceptors (Lipinski definition) is 3. The van der Waals surface area contributed by atoms with Gasteiger partial charge in [0.25, 0.3) is 0 Å². The zero-order valence-corrected chi connectivity index (χ0v) is 12.8. The van der Waals surface area contributed by atoms with Gasteiger partial charge in [-0.05, 0) is 43.6 Å². The van der Waals surface area contributed by atoms with Gasteiger partial charge in [-0.3, -0.25) is 9.88 Å². The van der Waals surface area contributed by atoms with Crippen molar-refractivity contribution in [3.63, 3.8) is 0 Å². The highest BCUT2D eigenvalue weighted by Crippen LogP contribution is 2.27. The molecule has 1 aromatic heterocycles. The van der Waals surface area contributed by atoms with Crippen molar-refractivity contribution in [1.29, 1.82) is 5.26 Å². The average molecular weight is 330 g/mol. The molecule has 0 amide bonds. The number of aromatic nitrogens is 1. The number of fused-ring (bicyclic) bond motifs is 1. The second-order valence-corrected chi connectivity index (χ2v) is 6.14. The van der Waals surface area contributed by atoms with Crippen LogP contribution in [0.1, 0.15) is 18.4 Å². The van der Waals surface area contributed by atoms with E-state index in [1.807, 2.05) is 12.3 Å². The molecule has 0 unspecified atom stereocenters. The van der Waals surface area contributed by atoms with E-state index in [1.165, 1.54) is 5.56 Å². The smallest absolute Gasteiger partial charge is 0.0758 e. The SMILES string of the molecule is N#CC1CCN(Cc2ccc(Br)c3cccnc23)CC1. The van der Waals surface area contributed by atoms with Gasteiger partial charge in [-0.2, -0.15) is 5.26 Å². The number of benzene rings is 1. The minimum atomic E-state index is 0.242. The molecule has 2 aromatic rings. The Balaban J connectivity index is 1.82. The number of rotatable bonds is 2. The zero-order valence-electron chi connectivity index (χ0n) is 11.2. The summed E-state index contributed by atoms with van der Waals surface area (Å²) in [6, 6.07) is 10.7. The van der Waals surface area contributed by atoms with E-state index < -0.39 is 0 Å². The molecule has 20 heavy (non-hydrogen) atoms. The Kier molecular flexibility index (Phi) is 4.00. The summed E-state index contributed by atoms with van der Waals surface area (Å²) in [6.45, 7) is 2.92. The lowest BCUT2D eigenvalue weighted by atomic mass is 9.98. The fourth-order valence-corrected chi connectivity index (χ4v) is 3.24. The summed E-state index contributed by atoms with van der Waals surface area (Å²) >= 11 is 3.58. The molecule has 4 heteroatoms. The molecule has 0 radical (unpaired) electrons. The van der Waals surface area contributed by atoms with Crippen molar-refractivity contribution < 1.29 is 0 Å². The Hall–Kier alpha value is -1.44. The molecule has 1 saturated heterocycles. The van der Waals surface area contributed by atoms with Crippen LogP contribution in [-0.2, 0) is 6.54 Å². The lowest BCUT2D eigenvalue weighted by Gasteiger charge is -2.29. The highest BCUT2D eigenvalue weighted by Gasteiger charge is 2.19. The first kappa shape index (κ1) is 13.5. The van der Waals surface area contributed by atoms with Gasteiger partial charge in [0, 0.05) is 28.5 Å². The van der Waals surface area contributed by atoms with Crippen LogP contribution in [0.25, 0.3) is 10.9 Å². The minimum Gasteiger partial charge on any atom is -0.299 e. The third-order valence-electron chi connectivity index (χ3n) is 3.96. The van der Waals surface area contributed by atoms with Gasteiger partial charge >= 0.3 is 0 Å². The fraction of sp³-hybridized carbons (Fsp3) is 0.375. The molecule has 3 nitrogen and oxygen atoms in total. The Morgan fingerprint density at radius 3 is 2.85 bits per heavy atom. The Bertz CT molecular complexity index is 654. The molecule has 0 saturated carbocycles. The molecular formula is C16H16BrN3. The molecular weight excluding hydrogens is 314 g/mol. The summed E-state index contributed by atoms with van der Waals surface area (Å²) in [5.74, 6) is 0.242. The summed E-state index contributed by atoms with van der Waals surface area (Å²) in [7, 11) is 0. The summed E-state index contributed by atoms with van der Waals surface area (Å²) in [6.07, 6.45) is 3.82. The zero-order chi connectivity index (χ0) is 13.9. The number of likely N-dealkylation sites (tertiary alicyclic amines) is 1. The van der Waals surface area contributed by atoms with Crippen LogP contribution in [0.5, 0.6) is 0 Å². The standard InChI is InChI=1S/C16H16BrN3/c17-15-4-3-13(16-14(15)2-1-7-19-16)11-20-8-5-12(10-18)6-9-20/h1-4,7,12H,5-6,8-9,11H2. The van der Waals surface area contributed by atoms with Crippen molar-refractivity contribution in [1.82, 2.24) is 9.88 Å². The van der Waals surface area contributed by atoms with Crippen molar-refractivity contribution >= 4 is 26.8 Å². The van der Waals surface area contributed by atoms with Crippen molar-refractivity contribution in [2.75, 3.05) is 13.1 Å². The van der Waals surface area contributed by atoms with E-state index >= 15 is 0 Å². The van der Waals surface area contributed by atoms with E-state index in [0.717, 1.165) is 47.9 Å². The van der Waals surface area contributed by atoms with Gasteiger partial charge < -0.3 is 0 Å². The van der Waals surface area contributed by atoms with Gasteiger partial charge in [-0.1, -0.05) is 28.1 Å². The Morgan fingerprint density at radius 2 is 2.10 bits per heavy atom. The van der Waals surface area contributed by atoms with Crippen LogP contribution in [0.15, 0.2) is 34.9 Å². The topological polar surface area (TPSA) is 39.9 Å². The van der Waals surface area contributed by atoms with E-state index in [0.29, 0.717) is 0 Å². The lowest BCUT2D eigenvalue weighted by Crippen LogP contribution is -2.32. The van der Waals surface area contributed by atoms with Crippen LogP contribution in [0.2, 0.25) is 0 Å². The number of nitrogens with zero attached hydrogens (tertiary/aromatic N) is 3. The van der Waals surface area contributed by atoms with Crippen LogP contribution < -0.4 is 0 Å². The molecule has 1 aliphatic rings. The van der Waals surface area contributed by atoms with Crippen molar-refractivity contribution in [2.24, 2.45) is 5.92 Å². The highest BCUT2D eigenvalue weighted by molar-refractivity contribution is 9.10. The largest absolute Gasteiger partial charge is 0.299 e. The highest BCUT2D eigenvalue weighted by atomic mass is 79.9. The van der Waals surface area contributed by atoms with E-state index in [-0.39, 0.29) is 5.92 Å². The first-order chi connectivity index (χ1) is 9.78. The summed E-state index contributed by atoms with van der Waals surface area (Å²) in [5, 5.41) is 10.1. The van der Waals surface area contributed by atoms with E-state index in [2.05, 4.69) is 50.1 Å². The predicted octanol–water partition coefficient (Wildman–Crippen LogP) is 3.73. The van der Waals surface area contributed by atoms with Crippen LogP contribution in [0.4, 0.5) is 0 Å². The molecule has 2 heterocycles. The van der Waals surface area contributed by atoms with Crippen LogP contribution in [-0.4, -0.2) is 23.0 Å². The quantitative estimate of drug-likeness (QED) is 0.842. The van der Waals surface area contributed by atoms with Crippen molar-refractivity contribution in [3.8, 4) is 6.07 Å². The molecule has 1 fully saturated rings. The molecule has 0 bridgehead atoms. The predicted molar refractivity (Wildman–Crippen MR) is 83.1 cm³/mol. The monoisotopic (exact) mass is 329 g/mol. The van der Waals surface area contributed by atoms with Gasteiger partial charge in [0.1, 0.15) is 0 Å². The maximum absolute atomic E-state index is 8.96. The maximum atomic E-state index is 8.96. The number of hydrogen-bond donors (Lipinski definition) is 0. The molecule has 0 N–H and O–H groups in total. The number of nitriles is 1. The van der Waals surface area contributed by atoms with Crippen molar-refractivity contribution in [2.45, 2.75) is 19.4 Å².